The first-order chi connectivity index (χ1) is 7.65. The van der Waals surface area contributed by atoms with Gasteiger partial charge in [0.05, 0.1) is 5.56 Å². The number of rotatable bonds is 3. The van der Waals surface area contributed by atoms with Gasteiger partial charge in [0.25, 0.3) is 0 Å². The molecule has 84 valence electrons. The van der Waals surface area contributed by atoms with Gasteiger partial charge >= 0.3 is 0 Å². The molecule has 0 amide bonds. The van der Waals surface area contributed by atoms with Crippen LogP contribution in [0.5, 0.6) is 0 Å². The zero-order valence-electron chi connectivity index (χ0n) is 9.44. The van der Waals surface area contributed by atoms with Gasteiger partial charge in [0.15, 0.2) is 0 Å². The SMILES string of the molecule is CC(C1CC1)N(C)c1nccc(C#N)c1Cl. The normalized spacial score (nSPS) is 16.6. The lowest BCUT2D eigenvalue weighted by molar-refractivity contribution is 0.604. The quantitative estimate of drug-likeness (QED) is 0.809. The van der Waals surface area contributed by atoms with Crippen molar-refractivity contribution in [1.29, 1.82) is 5.26 Å². The van der Waals surface area contributed by atoms with E-state index < -0.39 is 0 Å². The molecule has 1 atom stereocenters. The Morgan fingerprint density at radius 2 is 2.31 bits per heavy atom. The number of nitrogens with zero attached hydrogens (tertiary/aromatic N) is 3. The van der Waals surface area contributed by atoms with E-state index in [9.17, 15) is 0 Å². The van der Waals surface area contributed by atoms with Gasteiger partial charge in [-0.2, -0.15) is 5.26 Å². The molecular formula is C12H14ClN3. The van der Waals surface area contributed by atoms with Gasteiger partial charge in [0.2, 0.25) is 0 Å². The third-order valence-corrected chi connectivity index (χ3v) is 3.61. The van der Waals surface area contributed by atoms with E-state index in [0.29, 0.717) is 22.4 Å². The second-order valence-electron chi connectivity index (χ2n) is 4.30. The third-order valence-electron chi connectivity index (χ3n) is 3.24. The number of pyridine rings is 1. The standard InChI is InChI=1S/C12H14ClN3/c1-8(9-3-4-9)16(2)12-11(13)10(7-14)5-6-15-12/h5-6,8-9H,3-4H2,1-2H3. The molecule has 1 aliphatic rings. The van der Waals surface area contributed by atoms with Crippen molar-refractivity contribution in [3.63, 3.8) is 0 Å². The number of anilines is 1. The summed E-state index contributed by atoms with van der Waals surface area (Å²) < 4.78 is 0. The van der Waals surface area contributed by atoms with Crippen molar-refractivity contribution in [2.45, 2.75) is 25.8 Å². The molecule has 1 unspecified atom stereocenters. The van der Waals surface area contributed by atoms with Crippen molar-refractivity contribution in [1.82, 2.24) is 4.98 Å². The second kappa shape index (κ2) is 4.31. The van der Waals surface area contributed by atoms with Gasteiger partial charge in [-0.05, 0) is 31.7 Å². The van der Waals surface area contributed by atoms with Crippen LogP contribution in [0.1, 0.15) is 25.3 Å². The van der Waals surface area contributed by atoms with Crippen molar-refractivity contribution >= 4 is 17.4 Å². The fraction of sp³-hybridized carbons (Fsp3) is 0.500. The molecule has 0 aromatic carbocycles. The van der Waals surface area contributed by atoms with E-state index >= 15 is 0 Å². The molecule has 3 nitrogen and oxygen atoms in total. The highest BCUT2D eigenvalue weighted by atomic mass is 35.5. The third kappa shape index (κ3) is 1.98. The van der Waals surface area contributed by atoms with Crippen LogP contribution in [-0.4, -0.2) is 18.1 Å². The molecule has 16 heavy (non-hydrogen) atoms. The summed E-state index contributed by atoms with van der Waals surface area (Å²) in [6.07, 6.45) is 4.19. The van der Waals surface area contributed by atoms with Crippen LogP contribution in [0.2, 0.25) is 5.02 Å². The van der Waals surface area contributed by atoms with E-state index in [-0.39, 0.29) is 0 Å². The Morgan fingerprint density at radius 1 is 1.62 bits per heavy atom. The van der Waals surface area contributed by atoms with E-state index in [0.717, 1.165) is 5.92 Å². The number of nitriles is 1. The lowest BCUT2D eigenvalue weighted by Crippen LogP contribution is -2.31. The minimum atomic E-state index is 0.430. The van der Waals surface area contributed by atoms with Gasteiger partial charge in [0, 0.05) is 19.3 Å². The Labute approximate surface area is 101 Å². The number of hydrogen-bond donors (Lipinski definition) is 0. The molecule has 1 aliphatic carbocycles. The largest absolute Gasteiger partial charge is 0.355 e. The Balaban J connectivity index is 2.29. The summed E-state index contributed by atoms with van der Waals surface area (Å²) in [6.45, 7) is 2.18. The Bertz CT molecular complexity index is 434. The van der Waals surface area contributed by atoms with E-state index in [2.05, 4.69) is 22.9 Å². The van der Waals surface area contributed by atoms with Crippen molar-refractivity contribution < 1.29 is 0 Å². The van der Waals surface area contributed by atoms with Gasteiger partial charge in [-0.1, -0.05) is 11.6 Å². The molecule has 1 aromatic heterocycles. The lowest BCUT2D eigenvalue weighted by Gasteiger charge is -2.26. The number of aromatic nitrogens is 1. The van der Waals surface area contributed by atoms with Crippen LogP contribution in [0.3, 0.4) is 0 Å². The molecule has 1 saturated carbocycles. The van der Waals surface area contributed by atoms with E-state index in [1.54, 1.807) is 12.3 Å². The monoisotopic (exact) mass is 235 g/mol. The lowest BCUT2D eigenvalue weighted by atomic mass is 10.2. The summed E-state index contributed by atoms with van der Waals surface area (Å²) in [5.41, 5.74) is 0.488. The van der Waals surface area contributed by atoms with Crippen molar-refractivity contribution in [3.8, 4) is 6.07 Å². The predicted octanol–water partition coefficient (Wildman–Crippen LogP) is 2.84. The van der Waals surface area contributed by atoms with E-state index in [1.165, 1.54) is 12.8 Å². The summed E-state index contributed by atoms with van der Waals surface area (Å²) in [6, 6.07) is 4.15. The zero-order chi connectivity index (χ0) is 11.7. The predicted molar refractivity (Wildman–Crippen MR) is 64.6 cm³/mol. The van der Waals surface area contributed by atoms with Crippen LogP contribution >= 0.6 is 11.6 Å². The van der Waals surface area contributed by atoms with Crippen LogP contribution in [0.15, 0.2) is 12.3 Å². The van der Waals surface area contributed by atoms with Crippen LogP contribution in [0.4, 0.5) is 5.82 Å². The fourth-order valence-corrected chi connectivity index (χ4v) is 2.14. The molecule has 0 spiro atoms. The summed E-state index contributed by atoms with van der Waals surface area (Å²) in [5, 5.41) is 9.36. The number of hydrogen-bond acceptors (Lipinski definition) is 3. The average Bonchev–Trinajstić information content (AvgIpc) is 3.11. The zero-order valence-corrected chi connectivity index (χ0v) is 10.2. The second-order valence-corrected chi connectivity index (χ2v) is 4.67. The summed E-state index contributed by atoms with van der Waals surface area (Å²) >= 11 is 6.15. The van der Waals surface area contributed by atoms with Crippen LogP contribution in [-0.2, 0) is 0 Å². The maximum absolute atomic E-state index is 8.90. The molecule has 0 saturated heterocycles. The first-order valence-corrected chi connectivity index (χ1v) is 5.80. The molecule has 0 N–H and O–H groups in total. The maximum atomic E-state index is 8.90. The Kier molecular flexibility index (Phi) is 3.02. The highest BCUT2D eigenvalue weighted by Gasteiger charge is 2.31. The Hall–Kier alpha value is -1.27. The highest BCUT2D eigenvalue weighted by Crippen LogP contribution is 2.37. The van der Waals surface area contributed by atoms with Crippen molar-refractivity contribution in [2.75, 3.05) is 11.9 Å². The van der Waals surface area contributed by atoms with Gasteiger partial charge in [-0.25, -0.2) is 4.98 Å². The Morgan fingerprint density at radius 3 is 2.88 bits per heavy atom. The molecule has 1 aromatic rings. The summed E-state index contributed by atoms with van der Waals surface area (Å²) in [5.74, 6) is 1.45. The van der Waals surface area contributed by atoms with E-state index in [1.807, 2.05) is 7.05 Å². The smallest absolute Gasteiger partial charge is 0.148 e. The molecule has 0 aliphatic heterocycles. The van der Waals surface area contributed by atoms with Crippen LogP contribution in [0.25, 0.3) is 0 Å². The minimum absolute atomic E-state index is 0.430. The molecule has 1 heterocycles. The first kappa shape index (κ1) is 11.2. The van der Waals surface area contributed by atoms with Gasteiger partial charge in [0.1, 0.15) is 16.9 Å². The van der Waals surface area contributed by atoms with Gasteiger partial charge in [-0.3, -0.25) is 0 Å². The summed E-state index contributed by atoms with van der Waals surface area (Å²) in [7, 11) is 1.98. The maximum Gasteiger partial charge on any atom is 0.148 e. The van der Waals surface area contributed by atoms with Crippen molar-refractivity contribution in [3.05, 3.63) is 22.8 Å². The molecular weight excluding hydrogens is 222 g/mol. The van der Waals surface area contributed by atoms with Crippen LogP contribution in [0, 0.1) is 17.2 Å². The van der Waals surface area contributed by atoms with Gasteiger partial charge < -0.3 is 4.90 Å². The van der Waals surface area contributed by atoms with Crippen molar-refractivity contribution in [2.24, 2.45) is 5.92 Å². The first-order valence-electron chi connectivity index (χ1n) is 5.42. The topological polar surface area (TPSA) is 39.9 Å². The average molecular weight is 236 g/mol. The molecule has 0 bridgehead atoms. The number of halogens is 1. The fourth-order valence-electron chi connectivity index (χ4n) is 1.85. The van der Waals surface area contributed by atoms with E-state index in [4.69, 9.17) is 16.9 Å². The molecule has 2 rings (SSSR count). The molecule has 1 fully saturated rings. The molecule has 4 heteroatoms. The van der Waals surface area contributed by atoms with Gasteiger partial charge in [-0.15, -0.1) is 0 Å². The molecule has 0 radical (unpaired) electrons. The van der Waals surface area contributed by atoms with Crippen LogP contribution < -0.4 is 4.90 Å². The summed E-state index contributed by atoms with van der Waals surface area (Å²) in [4.78, 5) is 6.33. The highest BCUT2D eigenvalue weighted by molar-refractivity contribution is 6.34. The minimum Gasteiger partial charge on any atom is -0.355 e.